The van der Waals surface area contributed by atoms with Gasteiger partial charge in [-0.3, -0.25) is 0 Å². The molecule has 1 heterocycles. The summed E-state index contributed by atoms with van der Waals surface area (Å²) < 4.78 is 16.4. The van der Waals surface area contributed by atoms with Gasteiger partial charge in [0.25, 0.3) is 0 Å². The van der Waals surface area contributed by atoms with Gasteiger partial charge < -0.3 is 19.3 Å². The van der Waals surface area contributed by atoms with Gasteiger partial charge in [-0.25, -0.2) is 0 Å². The van der Waals surface area contributed by atoms with Crippen LogP contribution in [0.4, 0.5) is 0 Å². The van der Waals surface area contributed by atoms with E-state index < -0.39 is 6.29 Å². The van der Waals surface area contributed by atoms with Crippen molar-refractivity contribution >= 4 is 10.8 Å². The minimum Gasteiger partial charge on any atom is -0.496 e. The molecule has 4 heteroatoms. The molecular formula is C15H16O4. The fourth-order valence-corrected chi connectivity index (χ4v) is 2.76. The van der Waals surface area contributed by atoms with Crippen LogP contribution in [0.3, 0.4) is 0 Å². The van der Waals surface area contributed by atoms with Crippen LogP contribution in [0.5, 0.6) is 11.5 Å². The van der Waals surface area contributed by atoms with Gasteiger partial charge in [-0.15, -0.1) is 0 Å². The molecule has 0 saturated carbocycles. The van der Waals surface area contributed by atoms with Crippen LogP contribution in [0.25, 0.3) is 10.8 Å². The van der Waals surface area contributed by atoms with Crippen molar-refractivity contribution in [2.75, 3.05) is 20.8 Å². The van der Waals surface area contributed by atoms with Gasteiger partial charge in [0.15, 0.2) is 6.29 Å². The standard InChI is InChI=1S/C15H16O4/c1-17-13-9-5-3-4-6-10(9)14(18-2)12-11(13)7-8-19-15(12)16/h3-6,15-16H,7-8H2,1-2H3. The van der Waals surface area contributed by atoms with E-state index in [1.165, 1.54) is 0 Å². The quantitative estimate of drug-likeness (QED) is 0.900. The average molecular weight is 260 g/mol. The van der Waals surface area contributed by atoms with Crippen molar-refractivity contribution in [3.63, 3.8) is 0 Å². The first kappa shape index (κ1) is 12.3. The zero-order chi connectivity index (χ0) is 13.4. The number of aliphatic hydroxyl groups excluding tert-OH is 1. The molecule has 4 nitrogen and oxygen atoms in total. The van der Waals surface area contributed by atoms with Crippen molar-refractivity contribution in [3.05, 3.63) is 35.4 Å². The van der Waals surface area contributed by atoms with Crippen LogP contribution in [0, 0.1) is 0 Å². The summed E-state index contributed by atoms with van der Waals surface area (Å²) in [6.07, 6.45) is -0.256. The third-order valence-electron chi connectivity index (χ3n) is 3.54. The molecule has 1 unspecified atom stereocenters. The smallest absolute Gasteiger partial charge is 0.185 e. The number of methoxy groups -OCH3 is 2. The number of hydrogen-bond donors (Lipinski definition) is 1. The summed E-state index contributed by atoms with van der Waals surface area (Å²) >= 11 is 0. The van der Waals surface area contributed by atoms with E-state index in [1.54, 1.807) is 14.2 Å². The predicted octanol–water partition coefficient (Wildman–Crippen LogP) is 2.42. The molecule has 0 amide bonds. The zero-order valence-corrected chi connectivity index (χ0v) is 11.0. The predicted molar refractivity (Wildman–Crippen MR) is 71.7 cm³/mol. The molecule has 0 saturated heterocycles. The Bertz CT molecular complexity index is 621. The van der Waals surface area contributed by atoms with Crippen LogP contribution in [0.1, 0.15) is 17.4 Å². The molecule has 0 bridgehead atoms. The summed E-state index contributed by atoms with van der Waals surface area (Å²) in [6.45, 7) is 0.478. The van der Waals surface area contributed by atoms with Gasteiger partial charge in [-0.05, 0) is 0 Å². The van der Waals surface area contributed by atoms with Crippen molar-refractivity contribution in [1.29, 1.82) is 0 Å². The molecular weight excluding hydrogens is 244 g/mol. The van der Waals surface area contributed by atoms with E-state index in [4.69, 9.17) is 14.2 Å². The number of benzene rings is 2. The molecule has 1 aliphatic rings. The summed E-state index contributed by atoms with van der Waals surface area (Å²) in [6, 6.07) is 7.86. The highest BCUT2D eigenvalue weighted by Gasteiger charge is 2.28. The third kappa shape index (κ3) is 1.76. The highest BCUT2D eigenvalue weighted by atomic mass is 16.6. The molecule has 0 aliphatic carbocycles. The van der Waals surface area contributed by atoms with Crippen LogP contribution < -0.4 is 9.47 Å². The molecule has 0 radical (unpaired) electrons. The van der Waals surface area contributed by atoms with Crippen molar-refractivity contribution in [3.8, 4) is 11.5 Å². The Balaban J connectivity index is 2.44. The molecule has 1 aliphatic heterocycles. The maximum absolute atomic E-state index is 10.1. The van der Waals surface area contributed by atoms with Crippen molar-refractivity contribution in [1.82, 2.24) is 0 Å². The molecule has 3 rings (SSSR count). The van der Waals surface area contributed by atoms with Gasteiger partial charge in [-0.2, -0.15) is 0 Å². The average Bonchev–Trinajstić information content (AvgIpc) is 2.45. The lowest BCUT2D eigenvalue weighted by molar-refractivity contribution is -0.111. The normalized spacial score (nSPS) is 18.2. The van der Waals surface area contributed by atoms with E-state index in [0.717, 1.165) is 22.1 Å². The second-order valence-corrected chi connectivity index (χ2v) is 4.48. The molecule has 19 heavy (non-hydrogen) atoms. The monoisotopic (exact) mass is 260 g/mol. The zero-order valence-electron chi connectivity index (χ0n) is 11.0. The molecule has 1 atom stereocenters. The summed E-state index contributed by atoms with van der Waals surface area (Å²) in [7, 11) is 3.26. The lowest BCUT2D eigenvalue weighted by atomic mass is 9.94. The number of ether oxygens (including phenoxy) is 3. The fraction of sp³-hybridized carbons (Fsp3) is 0.333. The number of hydrogen-bond acceptors (Lipinski definition) is 4. The molecule has 1 N–H and O–H groups in total. The Morgan fingerprint density at radius 3 is 2.37 bits per heavy atom. The Morgan fingerprint density at radius 2 is 1.74 bits per heavy atom. The maximum atomic E-state index is 10.1. The first-order valence-corrected chi connectivity index (χ1v) is 6.23. The number of aliphatic hydroxyl groups is 1. The summed E-state index contributed by atoms with van der Waals surface area (Å²) in [5, 5.41) is 12.0. The third-order valence-corrected chi connectivity index (χ3v) is 3.54. The maximum Gasteiger partial charge on any atom is 0.185 e. The lowest BCUT2D eigenvalue weighted by Gasteiger charge is -2.27. The first-order chi connectivity index (χ1) is 9.27. The topological polar surface area (TPSA) is 47.9 Å². The van der Waals surface area contributed by atoms with E-state index >= 15 is 0 Å². The lowest BCUT2D eigenvalue weighted by Crippen LogP contribution is -2.18. The fourth-order valence-electron chi connectivity index (χ4n) is 2.76. The van der Waals surface area contributed by atoms with Gasteiger partial charge in [0.2, 0.25) is 0 Å². The van der Waals surface area contributed by atoms with E-state index in [-0.39, 0.29) is 0 Å². The Labute approximate surface area is 111 Å². The highest BCUT2D eigenvalue weighted by Crippen LogP contribution is 2.45. The van der Waals surface area contributed by atoms with E-state index in [1.807, 2.05) is 24.3 Å². The molecule has 2 aromatic carbocycles. The minimum absolute atomic E-state index is 0.478. The Hall–Kier alpha value is -1.78. The van der Waals surface area contributed by atoms with Crippen LogP contribution >= 0.6 is 0 Å². The second-order valence-electron chi connectivity index (χ2n) is 4.48. The first-order valence-electron chi connectivity index (χ1n) is 6.23. The van der Waals surface area contributed by atoms with Gasteiger partial charge in [0, 0.05) is 22.8 Å². The van der Waals surface area contributed by atoms with Crippen LogP contribution in [-0.4, -0.2) is 25.9 Å². The van der Waals surface area contributed by atoms with E-state index in [0.29, 0.717) is 24.3 Å². The molecule has 2 aromatic rings. The molecule has 0 fully saturated rings. The SMILES string of the molecule is COc1c2c(c(OC)c3ccccc13)C(O)OCC2. The Kier molecular flexibility index (Phi) is 3.05. The van der Waals surface area contributed by atoms with Crippen LogP contribution in [0.15, 0.2) is 24.3 Å². The largest absolute Gasteiger partial charge is 0.496 e. The molecule has 0 aromatic heterocycles. The number of rotatable bonds is 2. The van der Waals surface area contributed by atoms with Crippen molar-refractivity contribution < 1.29 is 19.3 Å². The van der Waals surface area contributed by atoms with Gasteiger partial charge in [0.1, 0.15) is 11.5 Å². The van der Waals surface area contributed by atoms with Crippen molar-refractivity contribution in [2.24, 2.45) is 0 Å². The van der Waals surface area contributed by atoms with E-state index in [9.17, 15) is 5.11 Å². The summed E-state index contributed by atoms with van der Waals surface area (Å²) in [4.78, 5) is 0. The molecule has 100 valence electrons. The second kappa shape index (κ2) is 4.72. The Morgan fingerprint density at radius 1 is 1.11 bits per heavy atom. The number of fused-ring (bicyclic) bond motifs is 2. The summed E-state index contributed by atoms with van der Waals surface area (Å²) in [5.41, 5.74) is 1.65. The van der Waals surface area contributed by atoms with E-state index in [2.05, 4.69) is 0 Å². The van der Waals surface area contributed by atoms with Crippen molar-refractivity contribution in [2.45, 2.75) is 12.7 Å². The minimum atomic E-state index is -0.961. The highest BCUT2D eigenvalue weighted by molar-refractivity contribution is 5.96. The van der Waals surface area contributed by atoms with Gasteiger partial charge in [-0.1, -0.05) is 24.3 Å². The van der Waals surface area contributed by atoms with Gasteiger partial charge >= 0.3 is 0 Å². The molecule has 0 spiro atoms. The van der Waals surface area contributed by atoms with Crippen LogP contribution in [-0.2, 0) is 11.2 Å². The van der Waals surface area contributed by atoms with Gasteiger partial charge in [0.05, 0.1) is 26.4 Å². The summed E-state index contributed by atoms with van der Waals surface area (Å²) in [5.74, 6) is 1.47. The van der Waals surface area contributed by atoms with Crippen LogP contribution in [0.2, 0.25) is 0 Å².